The number of hydrogen-bond donors (Lipinski definition) is 0. The Balaban J connectivity index is 1.72. The summed E-state index contributed by atoms with van der Waals surface area (Å²) in [4.78, 5) is 13.7. The fourth-order valence-electron chi connectivity index (χ4n) is 3.71. The van der Waals surface area contributed by atoms with E-state index >= 15 is 0 Å². The van der Waals surface area contributed by atoms with Gasteiger partial charge < -0.3 is 14.5 Å². The number of hydrogen-bond acceptors (Lipinski definition) is 5. The highest BCUT2D eigenvalue weighted by atomic mass is 35.5. The molecule has 6 heteroatoms. The lowest BCUT2D eigenvalue weighted by Crippen LogP contribution is -2.36. The van der Waals surface area contributed by atoms with Gasteiger partial charge >= 0.3 is 0 Å². The van der Waals surface area contributed by atoms with E-state index in [1.807, 2.05) is 0 Å². The quantitative estimate of drug-likeness (QED) is 0.780. The first-order chi connectivity index (χ1) is 11.7. The van der Waals surface area contributed by atoms with E-state index < -0.39 is 0 Å². The molecular weight excluding hydrogens is 324 g/mol. The molecule has 5 nitrogen and oxygen atoms in total. The summed E-state index contributed by atoms with van der Waals surface area (Å²) in [5.74, 6) is 1.67. The third-order valence-corrected chi connectivity index (χ3v) is 5.13. The van der Waals surface area contributed by atoms with Gasteiger partial charge in [-0.2, -0.15) is 4.98 Å². The zero-order valence-electron chi connectivity index (χ0n) is 14.0. The number of benzene rings is 1. The summed E-state index contributed by atoms with van der Waals surface area (Å²) in [6.07, 6.45) is 2.49. The molecule has 2 aliphatic rings. The maximum atomic E-state index is 6.24. The summed E-state index contributed by atoms with van der Waals surface area (Å²) in [6.45, 7) is 7.76. The fourth-order valence-corrected chi connectivity index (χ4v) is 3.89. The molecule has 4 rings (SSSR count). The van der Waals surface area contributed by atoms with Crippen LogP contribution in [0.1, 0.15) is 19.8 Å². The maximum Gasteiger partial charge on any atom is 0.224 e. The van der Waals surface area contributed by atoms with Gasteiger partial charge in [-0.15, -0.1) is 0 Å². The van der Waals surface area contributed by atoms with Crippen LogP contribution in [0, 0.1) is 5.92 Å². The highest BCUT2D eigenvalue weighted by molar-refractivity contribution is 6.28. The standard InChI is InChI=1S/C18H23ClN4O/c1-13-3-2-6-23(12-13)17-15-5-4-14(22-7-9-24-10-8-22)11-16(15)20-18(19)21-17/h4-5,11,13H,2-3,6-10,12H2,1H3. The molecule has 1 atom stereocenters. The van der Waals surface area contributed by atoms with Crippen LogP contribution in [0.15, 0.2) is 18.2 Å². The summed E-state index contributed by atoms with van der Waals surface area (Å²) >= 11 is 6.24. The number of aromatic nitrogens is 2. The van der Waals surface area contributed by atoms with Gasteiger partial charge in [0.1, 0.15) is 5.82 Å². The van der Waals surface area contributed by atoms with Gasteiger partial charge in [-0.1, -0.05) is 6.92 Å². The van der Waals surface area contributed by atoms with Crippen LogP contribution in [0.2, 0.25) is 5.28 Å². The van der Waals surface area contributed by atoms with Crippen LogP contribution < -0.4 is 9.80 Å². The minimum Gasteiger partial charge on any atom is -0.378 e. The van der Waals surface area contributed by atoms with Crippen LogP contribution in [0.5, 0.6) is 0 Å². The Labute approximate surface area is 147 Å². The summed E-state index contributed by atoms with van der Waals surface area (Å²) in [5, 5.41) is 1.42. The van der Waals surface area contributed by atoms with Gasteiger partial charge in [0.25, 0.3) is 0 Å². The summed E-state index contributed by atoms with van der Waals surface area (Å²) in [6, 6.07) is 6.44. The Bertz CT molecular complexity index is 732. The minimum atomic E-state index is 0.329. The van der Waals surface area contributed by atoms with E-state index in [1.54, 1.807) is 0 Å². The van der Waals surface area contributed by atoms with Crippen molar-refractivity contribution in [2.45, 2.75) is 19.8 Å². The van der Waals surface area contributed by atoms with Gasteiger partial charge in [-0.3, -0.25) is 0 Å². The Morgan fingerprint density at radius 1 is 1.12 bits per heavy atom. The lowest BCUT2D eigenvalue weighted by molar-refractivity contribution is 0.122. The molecule has 1 aromatic heterocycles. The van der Waals surface area contributed by atoms with Gasteiger partial charge in [0, 0.05) is 37.3 Å². The number of piperidine rings is 1. The number of fused-ring (bicyclic) bond motifs is 1. The van der Waals surface area contributed by atoms with E-state index in [0.29, 0.717) is 11.2 Å². The molecule has 2 aliphatic heterocycles. The molecule has 0 bridgehead atoms. The van der Waals surface area contributed by atoms with Crippen LogP contribution in [0.4, 0.5) is 11.5 Å². The molecule has 24 heavy (non-hydrogen) atoms. The van der Waals surface area contributed by atoms with Gasteiger partial charge in [-0.05, 0) is 48.6 Å². The third-order valence-electron chi connectivity index (χ3n) is 4.97. The van der Waals surface area contributed by atoms with Gasteiger partial charge in [0.2, 0.25) is 5.28 Å². The van der Waals surface area contributed by atoms with E-state index in [0.717, 1.165) is 56.1 Å². The number of nitrogens with zero attached hydrogens (tertiary/aromatic N) is 4. The van der Waals surface area contributed by atoms with E-state index in [9.17, 15) is 0 Å². The molecular formula is C18H23ClN4O. The highest BCUT2D eigenvalue weighted by Crippen LogP contribution is 2.31. The van der Waals surface area contributed by atoms with E-state index in [-0.39, 0.29) is 0 Å². The Kier molecular flexibility index (Phi) is 4.46. The summed E-state index contributed by atoms with van der Waals surface area (Å²) < 4.78 is 5.44. The topological polar surface area (TPSA) is 41.5 Å². The van der Waals surface area contributed by atoms with Crippen molar-refractivity contribution in [2.24, 2.45) is 5.92 Å². The maximum absolute atomic E-state index is 6.24. The molecule has 2 saturated heterocycles. The van der Waals surface area contributed by atoms with Crippen LogP contribution in [0.3, 0.4) is 0 Å². The molecule has 128 valence electrons. The van der Waals surface area contributed by atoms with Crippen molar-refractivity contribution in [3.63, 3.8) is 0 Å². The molecule has 0 spiro atoms. The average molecular weight is 347 g/mol. The second-order valence-electron chi connectivity index (χ2n) is 6.81. The predicted octanol–water partition coefficient (Wildman–Crippen LogP) is 3.36. The lowest BCUT2D eigenvalue weighted by Gasteiger charge is -2.33. The second kappa shape index (κ2) is 6.73. The van der Waals surface area contributed by atoms with E-state index in [1.165, 1.54) is 18.5 Å². The zero-order chi connectivity index (χ0) is 16.5. The van der Waals surface area contributed by atoms with Gasteiger partial charge in [0.05, 0.1) is 18.7 Å². The lowest BCUT2D eigenvalue weighted by atomic mass is 10.00. The molecule has 3 heterocycles. The van der Waals surface area contributed by atoms with Crippen molar-refractivity contribution in [1.82, 2.24) is 9.97 Å². The number of halogens is 1. The first kappa shape index (κ1) is 15.9. The molecule has 2 aromatic rings. The van der Waals surface area contributed by atoms with Gasteiger partial charge in [0.15, 0.2) is 0 Å². The number of morpholine rings is 1. The molecule has 1 aromatic carbocycles. The number of rotatable bonds is 2. The van der Waals surface area contributed by atoms with E-state index in [4.69, 9.17) is 16.3 Å². The number of ether oxygens (including phenoxy) is 1. The van der Waals surface area contributed by atoms with Crippen LogP contribution >= 0.6 is 11.6 Å². The van der Waals surface area contributed by atoms with Crippen molar-refractivity contribution in [1.29, 1.82) is 0 Å². The molecule has 2 fully saturated rings. The SMILES string of the molecule is CC1CCCN(c2nc(Cl)nc3cc(N4CCOCC4)ccc23)C1. The highest BCUT2D eigenvalue weighted by Gasteiger charge is 2.21. The predicted molar refractivity (Wildman–Crippen MR) is 98.2 cm³/mol. The first-order valence-corrected chi connectivity index (χ1v) is 9.13. The average Bonchev–Trinajstić information content (AvgIpc) is 2.61. The van der Waals surface area contributed by atoms with Crippen LogP contribution in [0.25, 0.3) is 10.9 Å². The largest absolute Gasteiger partial charge is 0.378 e. The smallest absolute Gasteiger partial charge is 0.224 e. The Morgan fingerprint density at radius 3 is 2.75 bits per heavy atom. The number of anilines is 2. The Hall–Kier alpha value is -1.59. The van der Waals surface area contributed by atoms with Crippen LogP contribution in [-0.4, -0.2) is 49.4 Å². The molecule has 0 amide bonds. The normalized spacial score (nSPS) is 22.2. The first-order valence-electron chi connectivity index (χ1n) is 8.75. The Morgan fingerprint density at radius 2 is 1.96 bits per heavy atom. The third kappa shape index (κ3) is 3.15. The van der Waals surface area contributed by atoms with Crippen molar-refractivity contribution >= 4 is 34.0 Å². The fraction of sp³-hybridized carbons (Fsp3) is 0.556. The minimum absolute atomic E-state index is 0.329. The van der Waals surface area contributed by atoms with Crippen molar-refractivity contribution in [2.75, 3.05) is 49.2 Å². The van der Waals surface area contributed by atoms with Gasteiger partial charge in [-0.25, -0.2) is 4.98 Å². The van der Waals surface area contributed by atoms with E-state index in [2.05, 4.69) is 44.9 Å². The van der Waals surface area contributed by atoms with Crippen molar-refractivity contribution < 1.29 is 4.74 Å². The summed E-state index contributed by atoms with van der Waals surface area (Å²) in [7, 11) is 0. The van der Waals surface area contributed by atoms with Crippen molar-refractivity contribution in [3.8, 4) is 0 Å². The molecule has 1 unspecified atom stereocenters. The molecule has 0 saturated carbocycles. The second-order valence-corrected chi connectivity index (χ2v) is 7.15. The van der Waals surface area contributed by atoms with Crippen molar-refractivity contribution in [3.05, 3.63) is 23.5 Å². The molecule has 0 N–H and O–H groups in total. The van der Waals surface area contributed by atoms with Crippen LogP contribution in [-0.2, 0) is 4.74 Å². The summed E-state index contributed by atoms with van der Waals surface area (Å²) in [5.41, 5.74) is 2.10. The molecule has 0 radical (unpaired) electrons. The zero-order valence-corrected chi connectivity index (χ0v) is 14.8. The monoisotopic (exact) mass is 346 g/mol. The molecule has 0 aliphatic carbocycles.